The Morgan fingerprint density at radius 2 is 2.14 bits per heavy atom. The summed E-state index contributed by atoms with van der Waals surface area (Å²) in [7, 11) is -1.76. The van der Waals surface area contributed by atoms with Crippen LogP contribution in [0.1, 0.15) is 19.8 Å². The van der Waals surface area contributed by atoms with Gasteiger partial charge in [-0.15, -0.1) is 0 Å². The summed E-state index contributed by atoms with van der Waals surface area (Å²) >= 11 is 0. The fourth-order valence-corrected chi connectivity index (χ4v) is 2.31. The molecule has 1 atom stereocenters. The molecule has 0 heterocycles. The van der Waals surface area contributed by atoms with Gasteiger partial charge < -0.3 is 10.5 Å². The highest BCUT2D eigenvalue weighted by atomic mass is 32.2. The fourth-order valence-electron chi connectivity index (χ4n) is 1.08. The number of sulfonamides is 1. The average Bonchev–Trinajstić information content (AvgIpc) is 2.14. The van der Waals surface area contributed by atoms with Gasteiger partial charge in [0.15, 0.2) is 0 Å². The molecule has 6 heteroatoms. The molecule has 86 valence electrons. The zero-order chi connectivity index (χ0) is 11.0. The lowest BCUT2D eigenvalue weighted by atomic mass is 10.2. The van der Waals surface area contributed by atoms with Gasteiger partial charge in [0.25, 0.3) is 0 Å². The predicted molar refractivity (Wildman–Crippen MR) is 56.5 cm³/mol. The lowest BCUT2D eigenvalue weighted by molar-refractivity contribution is 0.216. The van der Waals surface area contributed by atoms with Crippen LogP contribution in [0.2, 0.25) is 0 Å². The summed E-state index contributed by atoms with van der Waals surface area (Å²) < 4.78 is 30.0. The highest BCUT2D eigenvalue weighted by Gasteiger charge is 2.15. The molecular formula is C8H20N2O3S. The molecule has 0 aliphatic heterocycles. The van der Waals surface area contributed by atoms with Crippen molar-refractivity contribution in [2.75, 3.05) is 26.0 Å². The van der Waals surface area contributed by atoms with Crippen molar-refractivity contribution >= 4 is 10.0 Å². The normalized spacial score (nSPS) is 14.2. The Bertz CT molecular complexity index is 229. The maximum Gasteiger partial charge on any atom is 0.214 e. The molecule has 1 unspecified atom stereocenters. The van der Waals surface area contributed by atoms with Crippen molar-refractivity contribution in [2.24, 2.45) is 5.73 Å². The summed E-state index contributed by atoms with van der Waals surface area (Å²) in [5.74, 6) is -0.0102. The Morgan fingerprint density at radius 1 is 1.50 bits per heavy atom. The van der Waals surface area contributed by atoms with Crippen molar-refractivity contribution in [3.8, 4) is 0 Å². The van der Waals surface area contributed by atoms with Crippen molar-refractivity contribution in [2.45, 2.75) is 25.8 Å². The molecule has 14 heavy (non-hydrogen) atoms. The minimum Gasteiger partial charge on any atom is -0.384 e. The molecule has 0 aliphatic carbocycles. The van der Waals surface area contributed by atoms with E-state index in [1.54, 1.807) is 0 Å². The van der Waals surface area contributed by atoms with Gasteiger partial charge in [0.2, 0.25) is 10.0 Å². The highest BCUT2D eigenvalue weighted by Crippen LogP contribution is 1.97. The molecule has 0 aromatic rings. The van der Waals surface area contributed by atoms with Crippen molar-refractivity contribution in [3.05, 3.63) is 0 Å². The van der Waals surface area contributed by atoms with Gasteiger partial charge in [-0.3, -0.25) is 0 Å². The van der Waals surface area contributed by atoms with Crippen LogP contribution in [-0.2, 0) is 14.8 Å². The van der Waals surface area contributed by atoms with E-state index < -0.39 is 10.0 Å². The SMILES string of the molecule is CCCC(CN)NS(=O)(=O)CCOC. The number of methoxy groups -OCH3 is 1. The van der Waals surface area contributed by atoms with Gasteiger partial charge in [-0.05, 0) is 6.42 Å². The minimum atomic E-state index is -3.23. The molecule has 0 aliphatic rings. The Balaban J connectivity index is 4.04. The van der Waals surface area contributed by atoms with Crippen molar-refractivity contribution in [1.29, 1.82) is 0 Å². The monoisotopic (exact) mass is 224 g/mol. The summed E-state index contributed by atoms with van der Waals surface area (Å²) in [4.78, 5) is 0. The van der Waals surface area contributed by atoms with E-state index in [1.165, 1.54) is 7.11 Å². The molecular weight excluding hydrogens is 204 g/mol. The summed E-state index contributed by atoms with van der Waals surface area (Å²) in [6.07, 6.45) is 1.68. The Kier molecular flexibility index (Phi) is 7.08. The lowest BCUT2D eigenvalue weighted by Gasteiger charge is -2.15. The highest BCUT2D eigenvalue weighted by molar-refractivity contribution is 7.89. The van der Waals surface area contributed by atoms with E-state index in [-0.39, 0.29) is 18.4 Å². The van der Waals surface area contributed by atoms with Crippen LogP contribution in [0.5, 0.6) is 0 Å². The molecule has 0 aromatic carbocycles. The summed E-state index contributed by atoms with van der Waals surface area (Å²) in [5, 5.41) is 0. The van der Waals surface area contributed by atoms with E-state index in [4.69, 9.17) is 10.5 Å². The van der Waals surface area contributed by atoms with Crippen molar-refractivity contribution in [1.82, 2.24) is 4.72 Å². The average molecular weight is 224 g/mol. The van der Waals surface area contributed by atoms with E-state index in [0.29, 0.717) is 6.54 Å². The van der Waals surface area contributed by atoms with Crippen LogP contribution >= 0.6 is 0 Å². The van der Waals surface area contributed by atoms with E-state index >= 15 is 0 Å². The topological polar surface area (TPSA) is 81.4 Å². The molecule has 0 saturated carbocycles. The molecule has 0 bridgehead atoms. The van der Waals surface area contributed by atoms with Crippen molar-refractivity contribution < 1.29 is 13.2 Å². The quantitative estimate of drug-likeness (QED) is 0.592. The van der Waals surface area contributed by atoms with E-state index in [0.717, 1.165) is 12.8 Å². The molecule has 0 radical (unpaired) electrons. The first-order valence-corrected chi connectivity index (χ1v) is 6.40. The first kappa shape index (κ1) is 13.8. The zero-order valence-electron chi connectivity index (χ0n) is 8.82. The van der Waals surface area contributed by atoms with Gasteiger partial charge in [0.05, 0.1) is 12.4 Å². The van der Waals surface area contributed by atoms with Gasteiger partial charge in [0, 0.05) is 19.7 Å². The Labute approximate surface area is 86.1 Å². The number of ether oxygens (including phenoxy) is 1. The predicted octanol–water partition coefficient (Wildman–Crippen LogP) is -0.320. The third-order valence-electron chi connectivity index (χ3n) is 1.82. The standard InChI is InChI=1S/C8H20N2O3S/c1-3-4-8(7-9)10-14(11,12)6-5-13-2/h8,10H,3-7,9H2,1-2H3. The van der Waals surface area contributed by atoms with Crippen LogP contribution < -0.4 is 10.5 Å². The maximum absolute atomic E-state index is 11.4. The molecule has 0 rings (SSSR count). The molecule has 0 aromatic heterocycles. The second-order valence-corrected chi connectivity index (χ2v) is 5.02. The second-order valence-electron chi connectivity index (χ2n) is 3.15. The van der Waals surface area contributed by atoms with Crippen LogP contribution in [0, 0.1) is 0 Å². The van der Waals surface area contributed by atoms with Crippen molar-refractivity contribution in [3.63, 3.8) is 0 Å². The molecule has 0 fully saturated rings. The number of nitrogens with one attached hydrogen (secondary N) is 1. The van der Waals surface area contributed by atoms with Gasteiger partial charge >= 0.3 is 0 Å². The molecule has 0 saturated heterocycles. The van der Waals surface area contributed by atoms with Crippen LogP contribution in [0.25, 0.3) is 0 Å². The van der Waals surface area contributed by atoms with Gasteiger partial charge in [-0.1, -0.05) is 13.3 Å². The largest absolute Gasteiger partial charge is 0.384 e. The van der Waals surface area contributed by atoms with Gasteiger partial charge in [-0.2, -0.15) is 0 Å². The third-order valence-corrected chi connectivity index (χ3v) is 3.22. The maximum atomic E-state index is 11.4. The molecule has 0 amide bonds. The lowest BCUT2D eigenvalue weighted by Crippen LogP contribution is -2.41. The van der Waals surface area contributed by atoms with Gasteiger partial charge in [-0.25, -0.2) is 13.1 Å². The second kappa shape index (κ2) is 7.17. The van der Waals surface area contributed by atoms with Crippen LogP contribution in [-0.4, -0.2) is 40.5 Å². The molecule has 5 nitrogen and oxygen atoms in total. The Morgan fingerprint density at radius 3 is 2.57 bits per heavy atom. The van der Waals surface area contributed by atoms with Gasteiger partial charge in [0.1, 0.15) is 0 Å². The smallest absolute Gasteiger partial charge is 0.214 e. The zero-order valence-corrected chi connectivity index (χ0v) is 9.64. The summed E-state index contributed by atoms with van der Waals surface area (Å²) in [5.41, 5.74) is 5.44. The number of rotatable bonds is 8. The fraction of sp³-hybridized carbons (Fsp3) is 1.00. The van der Waals surface area contributed by atoms with Crippen LogP contribution in [0.15, 0.2) is 0 Å². The van der Waals surface area contributed by atoms with E-state index in [9.17, 15) is 8.42 Å². The summed E-state index contributed by atoms with van der Waals surface area (Å²) in [6, 6.07) is -0.151. The van der Waals surface area contributed by atoms with Crippen LogP contribution in [0.3, 0.4) is 0 Å². The molecule has 3 N–H and O–H groups in total. The first-order chi connectivity index (χ1) is 6.55. The minimum absolute atomic E-state index is 0.0102. The number of nitrogens with two attached hydrogens (primary N) is 1. The van der Waals surface area contributed by atoms with Crippen LogP contribution in [0.4, 0.5) is 0 Å². The third kappa shape index (κ3) is 6.31. The van der Waals surface area contributed by atoms with E-state index in [2.05, 4.69) is 4.72 Å². The first-order valence-electron chi connectivity index (χ1n) is 4.74. The Hall–Kier alpha value is -0.170. The van der Waals surface area contributed by atoms with E-state index in [1.807, 2.05) is 6.92 Å². The molecule has 0 spiro atoms. The number of hydrogen-bond donors (Lipinski definition) is 2. The number of hydrogen-bond acceptors (Lipinski definition) is 4. The summed E-state index contributed by atoms with van der Waals surface area (Å²) in [6.45, 7) is 2.53.